The van der Waals surface area contributed by atoms with E-state index in [2.05, 4.69) is 28.0 Å². The molecule has 0 unspecified atom stereocenters. The van der Waals surface area contributed by atoms with Gasteiger partial charge in [-0.1, -0.05) is 140 Å². The highest BCUT2D eigenvalue weighted by molar-refractivity contribution is 6.32. The first-order valence-corrected chi connectivity index (χ1v) is 20.7. The van der Waals surface area contributed by atoms with Crippen LogP contribution in [0.4, 0.5) is 4.79 Å². The summed E-state index contributed by atoms with van der Waals surface area (Å²) < 4.78 is 17.9. The molecular weight excluding hydrogens is 837 g/mol. The molecule has 2 N–H and O–H groups in total. The van der Waals surface area contributed by atoms with Gasteiger partial charge < -0.3 is 19.2 Å². The van der Waals surface area contributed by atoms with Gasteiger partial charge in [-0.15, -0.1) is 5.10 Å². The van der Waals surface area contributed by atoms with Crippen molar-refractivity contribution >= 4 is 35.1 Å². The summed E-state index contributed by atoms with van der Waals surface area (Å²) in [5.41, 5.74) is 9.85. The quantitative estimate of drug-likeness (QED) is 0.117. The summed E-state index contributed by atoms with van der Waals surface area (Å²) in [6.45, 7) is 8.16. The van der Waals surface area contributed by atoms with Crippen LogP contribution in [0.3, 0.4) is 0 Å². The van der Waals surface area contributed by atoms with E-state index >= 15 is 0 Å². The molecule has 1 heterocycles. The van der Waals surface area contributed by atoms with Gasteiger partial charge in [0, 0.05) is 18.2 Å². The molecule has 0 aliphatic carbocycles. The zero-order chi connectivity index (χ0) is 44.2. The summed E-state index contributed by atoms with van der Waals surface area (Å²) in [4.78, 5) is 37.4. The minimum Gasteiger partial charge on any atom is -0.489 e. The number of rotatable bonds is 12. The molecule has 0 radical (unpaired) electrons. The topological polar surface area (TPSA) is 128 Å². The molecule has 1 aromatic heterocycles. The molecule has 11 nitrogen and oxygen atoms in total. The highest BCUT2D eigenvalue weighted by Gasteiger charge is 2.19. The van der Waals surface area contributed by atoms with Crippen LogP contribution >= 0.6 is 23.2 Å². The molecular formula is C50H51Cl2N5O6. The van der Waals surface area contributed by atoms with E-state index in [1.54, 1.807) is 30.3 Å². The van der Waals surface area contributed by atoms with E-state index < -0.39 is 17.7 Å². The molecule has 6 aromatic carbocycles. The van der Waals surface area contributed by atoms with Gasteiger partial charge >= 0.3 is 11.8 Å². The molecule has 0 atom stereocenters. The maximum absolute atomic E-state index is 12.8. The lowest BCUT2D eigenvalue weighted by Crippen LogP contribution is -2.49. The van der Waals surface area contributed by atoms with Crippen molar-refractivity contribution in [3.63, 3.8) is 0 Å². The first-order chi connectivity index (χ1) is 29.9. The molecule has 7 aromatic rings. The van der Waals surface area contributed by atoms with Crippen LogP contribution in [-0.2, 0) is 13.1 Å². The predicted molar refractivity (Wildman–Crippen MR) is 251 cm³/mol. The lowest BCUT2D eigenvalue weighted by molar-refractivity contribution is 0.0819. The fourth-order valence-electron chi connectivity index (χ4n) is 6.20. The Bertz CT molecular complexity index is 2630. The molecule has 0 spiro atoms. The van der Waals surface area contributed by atoms with Crippen LogP contribution in [0, 0.1) is 0 Å². The number of aromatic nitrogens is 2. The van der Waals surface area contributed by atoms with Crippen LogP contribution < -0.4 is 26.0 Å². The molecule has 13 heteroatoms. The fraction of sp³-hybridized carbons (Fsp3) is 0.200. The van der Waals surface area contributed by atoms with Crippen LogP contribution in [0.1, 0.15) is 56.6 Å². The van der Waals surface area contributed by atoms with Crippen LogP contribution in [0.25, 0.3) is 33.7 Å². The summed E-state index contributed by atoms with van der Waals surface area (Å²) in [6.07, 6.45) is -0.0250. The first-order valence-electron chi connectivity index (χ1n) is 20.0. The van der Waals surface area contributed by atoms with Crippen molar-refractivity contribution in [1.29, 1.82) is 0 Å². The second-order valence-electron chi connectivity index (χ2n) is 14.7. The van der Waals surface area contributed by atoms with Crippen molar-refractivity contribution in [1.82, 2.24) is 25.5 Å². The third-order valence-electron chi connectivity index (χ3n) is 9.20. The van der Waals surface area contributed by atoms with Crippen molar-refractivity contribution in [2.45, 2.75) is 60.4 Å². The average Bonchev–Trinajstić information content (AvgIpc) is 3.64. The number of hydrogen-bond donors (Lipinski definition) is 2. The lowest BCUT2D eigenvalue weighted by Gasteiger charge is -2.23. The number of amides is 3. The smallest absolute Gasteiger partial charge is 0.437 e. The van der Waals surface area contributed by atoms with E-state index in [9.17, 15) is 14.4 Å². The number of hydrogen-bond acceptors (Lipinski definition) is 7. The van der Waals surface area contributed by atoms with Gasteiger partial charge in [0.05, 0.1) is 35.3 Å². The van der Waals surface area contributed by atoms with Gasteiger partial charge in [0.2, 0.25) is 5.89 Å². The number of carbonyl (C=O) groups excluding carboxylic acids is 2. The fourth-order valence-corrected chi connectivity index (χ4v) is 6.65. The molecule has 0 aliphatic rings. The zero-order valence-electron chi connectivity index (χ0n) is 35.0. The van der Waals surface area contributed by atoms with Gasteiger partial charge in [0.1, 0.15) is 11.5 Å². The van der Waals surface area contributed by atoms with Crippen molar-refractivity contribution in [3.05, 3.63) is 183 Å². The summed E-state index contributed by atoms with van der Waals surface area (Å²) in [7, 11) is 1.51. The molecule has 7 rings (SSSR count). The van der Waals surface area contributed by atoms with Crippen molar-refractivity contribution < 1.29 is 23.5 Å². The van der Waals surface area contributed by atoms with Crippen molar-refractivity contribution in [3.8, 4) is 45.2 Å². The monoisotopic (exact) mass is 887 g/mol. The number of nitrogens with zero attached hydrogens (tertiary/aromatic N) is 3. The Labute approximate surface area is 378 Å². The first kappa shape index (κ1) is 47.2. The molecule has 0 aliphatic heterocycles. The Balaban J connectivity index is 0.000000234. The molecule has 0 fully saturated rings. The minimum absolute atomic E-state index is 0. The summed E-state index contributed by atoms with van der Waals surface area (Å²) in [5.74, 6) is 0.331. The predicted octanol–water partition coefficient (Wildman–Crippen LogP) is 11.6. The Morgan fingerprint density at radius 3 is 1.63 bits per heavy atom. The number of hydrazine groups is 1. The Morgan fingerprint density at radius 1 is 0.667 bits per heavy atom. The molecule has 326 valence electrons. The lowest BCUT2D eigenvalue weighted by atomic mass is 10.0. The van der Waals surface area contributed by atoms with Crippen LogP contribution in [0.15, 0.2) is 155 Å². The highest BCUT2D eigenvalue weighted by Crippen LogP contribution is 2.31. The Hall–Kier alpha value is -6.82. The molecule has 0 bridgehead atoms. The molecule has 0 saturated heterocycles. The van der Waals surface area contributed by atoms with E-state index in [1.165, 1.54) is 22.8 Å². The van der Waals surface area contributed by atoms with E-state index in [1.807, 2.05) is 125 Å². The molecule has 3 amide bonds. The van der Waals surface area contributed by atoms with Gasteiger partial charge in [-0.05, 0) is 97.5 Å². The highest BCUT2D eigenvalue weighted by atomic mass is 35.5. The van der Waals surface area contributed by atoms with Gasteiger partial charge in [-0.3, -0.25) is 10.2 Å². The number of urea groups is 1. The largest absolute Gasteiger partial charge is 0.489 e. The summed E-state index contributed by atoms with van der Waals surface area (Å²) in [5, 5.41) is 8.87. The number of carbonyl (C=O) groups is 2. The summed E-state index contributed by atoms with van der Waals surface area (Å²) in [6, 6.07) is 45.6. The second-order valence-corrected chi connectivity index (χ2v) is 15.5. The van der Waals surface area contributed by atoms with E-state index in [-0.39, 0.29) is 32.1 Å². The number of benzene rings is 6. The number of halogens is 2. The van der Waals surface area contributed by atoms with E-state index in [4.69, 9.17) is 37.1 Å². The summed E-state index contributed by atoms with van der Waals surface area (Å²) >= 11 is 12.5. The SMILES string of the molecule is C.CC(C)Oc1ccc(-c2nn(Cc3ccc(-c4ccccc4)cc3)c(=O)o2)cc1Cl.CNC(=O)N(Cc1ccc(-c2ccccc2)cc1)NC(=O)c1ccc(OC(C)C)c(Cl)c1. The van der Waals surface area contributed by atoms with E-state index in [0.29, 0.717) is 39.2 Å². The third-order valence-corrected chi connectivity index (χ3v) is 9.79. The Morgan fingerprint density at radius 2 is 1.14 bits per heavy atom. The standard InChI is InChI=1S/C25H26ClN3O3.C24H21ClN2O3.CH4/c1-17(2)32-23-14-13-21(15-22(23)26)24(30)28-29(25(31)27-3)16-18-9-11-20(12-10-18)19-7-5-4-6-8-19;1-16(2)29-22-13-12-20(14-21(22)25)23-26-27(24(28)30-23)15-17-8-10-19(11-9-17)18-6-4-3-5-7-18;/h4-15,17H,16H2,1-3H3,(H,27,31)(H,28,30);3-14,16H,15H2,1-2H3;1H4. The van der Waals surface area contributed by atoms with E-state index in [0.717, 1.165) is 33.4 Å². The number of nitrogens with one attached hydrogen (secondary N) is 2. The van der Waals surface area contributed by atoms with Crippen LogP contribution in [-0.4, -0.2) is 46.0 Å². The maximum atomic E-state index is 12.8. The maximum Gasteiger partial charge on any atom is 0.437 e. The number of ether oxygens (including phenoxy) is 2. The van der Waals surface area contributed by atoms with Crippen molar-refractivity contribution in [2.75, 3.05) is 7.05 Å². The van der Waals surface area contributed by atoms with Crippen LogP contribution in [0.5, 0.6) is 11.5 Å². The van der Waals surface area contributed by atoms with Gasteiger partial charge in [0.15, 0.2) is 0 Å². The van der Waals surface area contributed by atoms with Crippen LogP contribution in [0.2, 0.25) is 10.0 Å². The van der Waals surface area contributed by atoms with Gasteiger partial charge in [-0.25, -0.2) is 14.6 Å². The zero-order valence-corrected chi connectivity index (χ0v) is 36.5. The normalized spacial score (nSPS) is 10.6. The van der Waals surface area contributed by atoms with Crippen molar-refractivity contribution in [2.24, 2.45) is 0 Å². The Kier molecular flexibility index (Phi) is 16.7. The minimum atomic E-state index is -0.518. The third kappa shape index (κ3) is 13.1. The molecule has 0 saturated carbocycles. The van der Waals surface area contributed by atoms with Gasteiger partial charge in [-0.2, -0.15) is 4.68 Å². The van der Waals surface area contributed by atoms with Gasteiger partial charge in [0.25, 0.3) is 5.91 Å². The average molecular weight is 889 g/mol. The second kappa shape index (κ2) is 22.3. The molecule has 63 heavy (non-hydrogen) atoms.